The lowest BCUT2D eigenvalue weighted by Gasteiger charge is -2.17. The van der Waals surface area contributed by atoms with Crippen LogP contribution < -0.4 is 15.4 Å². The number of fused-ring (bicyclic) bond motifs is 1. The molecule has 2 heterocycles. The van der Waals surface area contributed by atoms with Crippen LogP contribution in [-0.2, 0) is 10.0 Å². The third kappa shape index (κ3) is 2.97. The van der Waals surface area contributed by atoms with Crippen LogP contribution in [0.25, 0.3) is 11.1 Å². The second-order valence-corrected chi connectivity index (χ2v) is 7.98. The van der Waals surface area contributed by atoms with Crippen LogP contribution in [0.15, 0.2) is 51.7 Å². The van der Waals surface area contributed by atoms with Gasteiger partial charge in [-0.2, -0.15) is 0 Å². The van der Waals surface area contributed by atoms with E-state index in [2.05, 4.69) is 10.3 Å². The van der Waals surface area contributed by atoms with Gasteiger partial charge in [0.1, 0.15) is 0 Å². The number of carbonyl (C=O) groups excluding carboxylic acids is 1. The van der Waals surface area contributed by atoms with E-state index in [-0.39, 0.29) is 11.7 Å². The highest BCUT2D eigenvalue weighted by Crippen LogP contribution is 2.25. The summed E-state index contributed by atoms with van der Waals surface area (Å²) in [5.74, 6) is -0.830. The van der Waals surface area contributed by atoms with Gasteiger partial charge in [-0.25, -0.2) is 13.2 Å². The van der Waals surface area contributed by atoms with Gasteiger partial charge in [0.05, 0.1) is 17.0 Å². The number of carbonyl (C=O) groups is 1. The molecule has 1 aliphatic rings. The van der Waals surface area contributed by atoms with E-state index in [1.165, 1.54) is 4.31 Å². The van der Waals surface area contributed by atoms with Crippen LogP contribution in [0.5, 0.6) is 0 Å². The quantitative estimate of drug-likeness (QED) is 0.728. The molecule has 1 aliphatic heterocycles. The largest absolute Gasteiger partial charge is 0.417 e. The van der Waals surface area contributed by atoms with Crippen molar-refractivity contribution in [3.8, 4) is 0 Å². The Morgan fingerprint density at radius 1 is 1.19 bits per heavy atom. The van der Waals surface area contributed by atoms with Gasteiger partial charge in [-0.3, -0.25) is 14.1 Å². The zero-order valence-corrected chi connectivity index (χ0v) is 14.4. The van der Waals surface area contributed by atoms with Gasteiger partial charge >= 0.3 is 5.76 Å². The fourth-order valence-corrected chi connectivity index (χ4v) is 4.52. The van der Waals surface area contributed by atoms with Crippen LogP contribution in [0, 0.1) is 0 Å². The Kier molecular flexibility index (Phi) is 3.80. The molecule has 8 nitrogen and oxygen atoms in total. The summed E-state index contributed by atoms with van der Waals surface area (Å²) >= 11 is 0. The number of amides is 1. The van der Waals surface area contributed by atoms with Gasteiger partial charge in [0.25, 0.3) is 5.91 Å². The topological polar surface area (TPSA) is 112 Å². The van der Waals surface area contributed by atoms with Gasteiger partial charge in [0, 0.05) is 17.8 Å². The number of oxazole rings is 1. The van der Waals surface area contributed by atoms with Gasteiger partial charge in [-0.15, -0.1) is 0 Å². The standard InChI is InChI=1S/C17H15N3O5S/c21-16(18-12-5-6-15-14(10-12)19-17(22)25-15)11-3-1-4-13(9-11)20-7-2-8-26(20,23)24/h1,3-6,9-10H,2,7-8H2,(H,18,21)(H,19,22). The third-order valence-electron chi connectivity index (χ3n) is 4.17. The second-order valence-electron chi connectivity index (χ2n) is 5.97. The summed E-state index contributed by atoms with van der Waals surface area (Å²) in [5.41, 5.74) is 2.17. The lowest BCUT2D eigenvalue weighted by atomic mass is 10.1. The van der Waals surface area contributed by atoms with Crippen LogP contribution in [0.2, 0.25) is 0 Å². The predicted molar refractivity (Wildman–Crippen MR) is 97.0 cm³/mol. The van der Waals surface area contributed by atoms with Gasteiger partial charge < -0.3 is 9.73 Å². The molecule has 4 rings (SSSR count). The number of sulfonamides is 1. The van der Waals surface area contributed by atoms with Crippen molar-refractivity contribution in [2.24, 2.45) is 0 Å². The maximum atomic E-state index is 12.5. The highest BCUT2D eigenvalue weighted by molar-refractivity contribution is 7.93. The minimum absolute atomic E-state index is 0.117. The molecule has 1 fully saturated rings. The SMILES string of the molecule is O=C(Nc1ccc2oc(=O)[nH]c2c1)c1cccc(N2CCCS2(=O)=O)c1. The summed E-state index contributed by atoms with van der Waals surface area (Å²) < 4.78 is 30.3. The number of anilines is 2. The molecule has 0 aliphatic carbocycles. The van der Waals surface area contributed by atoms with Crippen molar-refractivity contribution in [3.63, 3.8) is 0 Å². The lowest BCUT2D eigenvalue weighted by Crippen LogP contribution is -2.25. The zero-order chi connectivity index (χ0) is 18.3. The molecule has 9 heteroatoms. The molecule has 0 saturated carbocycles. The molecule has 134 valence electrons. The molecule has 2 N–H and O–H groups in total. The number of H-pyrrole nitrogens is 1. The monoisotopic (exact) mass is 373 g/mol. The molecular formula is C17H15N3O5S. The molecule has 2 aromatic carbocycles. The van der Waals surface area contributed by atoms with E-state index in [9.17, 15) is 18.0 Å². The summed E-state index contributed by atoms with van der Waals surface area (Å²) in [4.78, 5) is 26.2. The summed E-state index contributed by atoms with van der Waals surface area (Å²) in [6, 6.07) is 11.3. The molecule has 0 unspecified atom stereocenters. The first-order valence-corrected chi connectivity index (χ1v) is 9.58. The first-order chi connectivity index (χ1) is 12.4. The number of nitrogens with one attached hydrogen (secondary N) is 2. The van der Waals surface area contributed by atoms with E-state index in [0.29, 0.717) is 41.0 Å². The van der Waals surface area contributed by atoms with E-state index >= 15 is 0 Å². The second kappa shape index (κ2) is 6.03. The first-order valence-electron chi connectivity index (χ1n) is 7.97. The average Bonchev–Trinajstić information content (AvgIpc) is 3.15. The molecule has 1 amide bonds. The Morgan fingerprint density at radius 2 is 2.04 bits per heavy atom. The fraction of sp³-hybridized carbons (Fsp3) is 0.176. The average molecular weight is 373 g/mol. The number of benzene rings is 2. The highest BCUT2D eigenvalue weighted by Gasteiger charge is 2.28. The van der Waals surface area contributed by atoms with Crippen molar-refractivity contribution >= 4 is 38.4 Å². The van der Waals surface area contributed by atoms with E-state index in [1.807, 2.05) is 0 Å². The molecule has 1 saturated heterocycles. The first kappa shape index (κ1) is 16.4. The Labute approximate surface area is 148 Å². The number of hydrogen-bond donors (Lipinski definition) is 2. The van der Waals surface area contributed by atoms with Crippen LogP contribution in [-0.4, -0.2) is 31.6 Å². The Morgan fingerprint density at radius 3 is 2.81 bits per heavy atom. The maximum Gasteiger partial charge on any atom is 0.417 e. The molecule has 0 atom stereocenters. The smallest absolute Gasteiger partial charge is 0.408 e. The Bertz CT molecular complexity index is 1160. The summed E-state index contributed by atoms with van der Waals surface area (Å²) in [7, 11) is -3.31. The number of aromatic amines is 1. The molecule has 1 aromatic heterocycles. The minimum atomic E-state index is -3.31. The molecule has 26 heavy (non-hydrogen) atoms. The number of aromatic nitrogens is 1. The van der Waals surface area contributed by atoms with Crippen molar-refractivity contribution in [3.05, 3.63) is 58.6 Å². The molecule has 0 bridgehead atoms. The van der Waals surface area contributed by atoms with Gasteiger partial charge in [0.2, 0.25) is 10.0 Å². The maximum absolute atomic E-state index is 12.5. The van der Waals surface area contributed by atoms with Crippen molar-refractivity contribution in [1.82, 2.24) is 4.98 Å². The number of nitrogens with zero attached hydrogens (tertiary/aromatic N) is 1. The third-order valence-corrected chi connectivity index (χ3v) is 6.04. The Balaban J connectivity index is 1.59. The van der Waals surface area contributed by atoms with Crippen molar-refractivity contribution in [1.29, 1.82) is 0 Å². The number of hydrogen-bond acceptors (Lipinski definition) is 5. The van der Waals surface area contributed by atoms with E-state index in [0.717, 1.165) is 0 Å². The summed E-state index contributed by atoms with van der Waals surface area (Å²) in [5, 5.41) is 2.73. The van der Waals surface area contributed by atoms with Gasteiger partial charge in [0.15, 0.2) is 5.58 Å². The van der Waals surface area contributed by atoms with Crippen molar-refractivity contribution < 1.29 is 17.6 Å². The molecule has 3 aromatic rings. The van der Waals surface area contributed by atoms with Crippen LogP contribution in [0.3, 0.4) is 0 Å². The predicted octanol–water partition coefficient (Wildman–Crippen LogP) is 1.91. The van der Waals surface area contributed by atoms with Crippen molar-refractivity contribution in [2.45, 2.75) is 6.42 Å². The molecular weight excluding hydrogens is 358 g/mol. The molecule has 0 spiro atoms. The zero-order valence-electron chi connectivity index (χ0n) is 13.6. The van der Waals surface area contributed by atoms with Gasteiger partial charge in [-0.05, 0) is 42.8 Å². The van der Waals surface area contributed by atoms with E-state index in [1.54, 1.807) is 42.5 Å². The lowest BCUT2D eigenvalue weighted by molar-refractivity contribution is 0.102. The van der Waals surface area contributed by atoms with Crippen molar-refractivity contribution in [2.75, 3.05) is 21.9 Å². The van der Waals surface area contributed by atoms with E-state index < -0.39 is 15.8 Å². The Hall–Kier alpha value is -3.07. The van der Waals surface area contributed by atoms with Crippen LogP contribution in [0.4, 0.5) is 11.4 Å². The van der Waals surface area contributed by atoms with Crippen LogP contribution >= 0.6 is 0 Å². The highest BCUT2D eigenvalue weighted by atomic mass is 32.2. The van der Waals surface area contributed by atoms with Gasteiger partial charge in [-0.1, -0.05) is 6.07 Å². The van der Waals surface area contributed by atoms with Crippen LogP contribution in [0.1, 0.15) is 16.8 Å². The minimum Gasteiger partial charge on any atom is -0.408 e. The van der Waals surface area contributed by atoms with E-state index in [4.69, 9.17) is 4.42 Å². The number of rotatable bonds is 3. The normalized spacial score (nSPS) is 16.1. The summed E-state index contributed by atoms with van der Waals surface area (Å²) in [6.07, 6.45) is 0.571. The molecule has 0 radical (unpaired) electrons. The fourth-order valence-electron chi connectivity index (χ4n) is 2.96. The summed E-state index contributed by atoms with van der Waals surface area (Å²) in [6.45, 7) is 0.415.